The first-order chi connectivity index (χ1) is 9.06. The van der Waals surface area contributed by atoms with Gasteiger partial charge in [-0.15, -0.1) is 24.8 Å². The van der Waals surface area contributed by atoms with E-state index in [9.17, 15) is 0 Å². The molecule has 0 amide bonds. The predicted octanol–water partition coefficient (Wildman–Crippen LogP) is 2.69. The van der Waals surface area contributed by atoms with Gasteiger partial charge in [-0.05, 0) is 43.7 Å². The molecule has 6 heteroatoms. The van der Waals surface area contributed by atoms with Crippen LogP contribution in [-0.4, -0.2) is 25.8 Å². The highest BCUT2D eigenvalue weighted by Gasteiger charge is 2.31. The van der Waals surface area contributed by atoms with Gasteiger partial charge in [0.2, 0.25) is 0 Å². The zero-order valence-electron chi connectivity index (χ0n) is 12.6. The number of hydrogen-bond donors (Lipinski definition) is 2. The number of halogens is 2. The molecule has 122 valence electrons. The number of hydrogen-bond acceptors (Lipinski definition) is 4. The average Bonchev–Trinajstić information content (AvgIpc) is 2.43. The summed E-state index contributed by atoms with van der Waals surface area (Å²) >= 11 is 0. The molecule has 0 aliphatic heterocycles. The van der Waals surface area contributed by atoms with Gasteiger partial charge in [-0.3, -0.25) is 0 Å². The van der Waals surface area contributed by atoms with Crippen LogP contribution in [0.25, 0.3) is 0 Å². The minimum atomic E-state index is -0.155. The Hall–Kier alpha value is -0.680. The van der Waals surface area contributed by atoms with Crippen LogP contribution in [0.3, 0.4) is 0 Å². The molecule has 0 atom stereocenters. The van der Waals surface area contributed by atoms with Crippen LogP contribution in [0, 0.1) is 0 Å². The van der Waals surface area contributed by atoms with E-state index in [0.29, 0.717) is 6.04 Å². The first kappa shape index (κ1) is 20.3. The van der Waals surface area contributed by atoms with Gasteiger partial charge >= 0.3 is 0 Å². The zero-order chi connectivity index (χ0) is 13.9. The van der Waals surface area contributed by atoms with Crippen molar-refractivity contribution >= 4 is 24.8 Å². The average molecular weight is 337 g/mol. The van der Waals surface area contributed by atoms with E-state index in [1.807, 2.05) is 18.2 Å². The van der Waals surface area contributed by atoms with Crippen LogP contribution in [0.4, 0.5) is 0 Å². The van der Waals surface area contributed by atoms with Crippen LogP contribution in [0.15, 0.2) is 18.2 Å². The second-order valence-corrected chi connectivity index (χ2v) is 5.55. The molecule has 1 aliphatic rings. The lowest BCUT2D eigenvalue weighted by molar-refractivity contribution is 0.268. The molecular weight excluding hydrogens is 311 g/mol. The first-order valence-electron chi connectivity index (χ1n) is 6.82. The molecule has 2 rings (SSSR count). The highest BCUT2D eigenvalue weighted by atomic mass is 35.5. The fraction of sp³-hybridized carbons (Fsp3) is 0.600. The van der Waals surface area contributed by atoms with Gasteiger partial charge in [-0.25, -0.2) is 0 Å². The molecule has 4 N–H and O–H groups in total. The standard InChI is InChI=1S/C15H24N2O2.2ClH/c1-18-13-4-3-11(14(9-13)19-2)10-15(17)7-5-12(16)6-8-15;;/h3-4,9,12H,5-8,10,16-17H2,1-2H3;2*1H. The van der Waals surface area contributed by atoms with Gasteiger partial charge in [-0.2, -0.15) is 0 Å². The monoisotopic (exact) mass is 336 g/mol. The normalized spacial score (nSPS) is 24.5. The van der Waals surface area contributed by atoms with Gasteiger partial charge in [0, 0.05) is 17.6 Å². The van der Waals surface area contributed by atoms with Gasteiger partial charge in [0.05, 0.1) is 14.2 Å². The number of rotatable bonds is 4. The van der Waals surface area contributed by atoms with Crippen molar-refractivity contribution in [3.8, 4) is 11.5 Å². The van der Waals surface area contributed by atoms with Crippen LogP contribution in [0.2, 0.25) is 0 Å². The summed E-state index contributed by atoms with van der Waals surface area (Å²) in [6.45, 7) is 0. The lowest BCUT2D eigenvalue weighted by atomic mass is 9.76. The van der Waals surface area contributed by atoms with E-state index in [1.165, 1.54) is 0 Å². The minimum Gasteiger partial charge on any atom is -0.497 e. The zero-order valence-corrected chi connectivity index (χ0v) is 14.3. The van der Waals surface area contributed by atoms with Gasteiger partial charge in [0.1, 0.15) is 11.5 Å². The van der Waals surface area contributed by atoms with Crippen LogP contribution in [0.5, 0.6) is 11.5 Å². The molecule has 21 heavy (non-hydrogen) atoms. The Balaban J connectivity index is 0.00000200. The molecule has 1 fully saturated rings. The largest absolute Gasteiger partial charge is 0.497 e. The fourth-order valence-corrected chi connectivity index (χ4v) is 2.77. The third-order valence-corrected chi connectivity index (χ3v) is 4.06. The maximum absolute atomic E-state index is 6.51. The Morgan fingerprint density at radius 3 is 2.29 bits per heavy atom. The fourth-order valence-electron chi connectivity index (χ4n) is 2.77. The maximum atomic E-state index is 6.51. The van der Waals surface area contributed by atoms with Crippen molar-refractivity contribution in [2.75, 3.05) is 14.2 Å². The summed E-state index contributed by atoms with van der Waals surface area (Å²) < 4.78 is 10.6. The van der Waals surface area contributed by atoms with Crippen molar-refractivity contribution in [3.63, 3.8) is 0 Å². The molecule has 0 spiro atoms. The lowest BCUT2D eigenvalue weighted by Gasteiger charge is -2.36. The van der Waals surface area contributed by atoms with E-state index in [4.69, 9.17) is 20.9 Å². The van der Waals surface area contributed by atoms with Crippen LogP contribution in [-0.2, 0) is 6.42 Å². The van der Waals surface area contributed by atoms with E-state index < -0.39 is 0 Å². The number of ether oxygens (including phenoxy) is 2. The Labute approximate surface area is 139 Å². The van der Waals surface area contributed by atoms with Crippen molar-refractivity contribution in [1.82, 2.24) is 0 Å². The molecule has 1 aromatic rings. The van der Waals surface area contributed by atoms with Crippen LogP contribution < -0.4 is 20.9 Å². The molecule has 0 radical (unpaired) electrons. The highest BCUT2D eigenvalue weighted by molar-refractivity contribution is 5.85. The molecule has 0 heterocycles. The molecule has 4 nitrogen and oxygen atoms in total. The molecule has 0 saturated heterocycles. The summed E-state index contributed by atoms with van der Waals surface area (Å²) in [5.41, 5.74) is 13.4. The van der Waals surface area contributed by atoms with Gasteiger partial charge in [-0.1, -0.05) is 6.07 Å². The number of nitrogens with two attached hydrogens (primary N) is 2. The van der Waals surface area contributed by atoms with Gasteiger partial charge in [0.25, 0.3) is 0 Å². The molecule has 1 aliphatic carbocycles. The second kappa shape index (κ2) is 8.69. The summed E-state index contributed by atoms with van der Waals surface area (Å²) in [7, 11) is 3.33. The second-order valence-electron chi connectivity index (χ2n) is 5.55. The van der Waals surface area contributed by atoms with E-state index in [2.05, 4.69) is 0 Å². The van der Waals surface area contributed by atoms with Gasteiger partial charge in [0.15, 0.2) is 0 Å². The highest BCUT2D eigenvalue weighted by Crippen LogP contribution is 2.33. The van der Waals surface area contributed by atoms with Crippen molar-refractivity contribution in [1.29, 1.82) is 0 Å². The Morgan fingerprint density at radius 2 is 1.76 bits per heavy atom. The third kappa shape index (κ3) is 5.22. The molecular formula is C15H26Cl2N2O2. The quantitative estimate of drug-likeness (QED) is 0.886. The molecule has 0 unspecified atom stereocenters. The lowest BCUT2D eigenvalue weighted by Crippen LogP contribution is -2.47. The summed E-state index contributed by atoms with van der Waals surface area (Å²) in [4.78, 5) is 0. The maximum Gasteiger partial charge on any atom is 0.125 e. The first-order valence-corrected chi connectivity index (χ1v) is 6.82. The van der Waals surface area contributed by atoms with Crippen molar-refractivity contribution in [2.45, 2.75) is 43.7 Å². The SMILES string of the molecule is COc1ccc(CC2(N)CCC(N)CC2)c(OC)c1.Cl.Cl. The molecule has 1 aromatic carbocycles. The van der Waals surface area contributed by atoms with Crippen molar-refractivity contribution in [2.24, 2.45) is 11.5 Å². The molecule has 0 aromatic heterocycles. The molecule has 0 bridgehead atoms. The number of benzene rings is 1. The summed E-state index contributed by atoms with van der Waals surface area (Å²) in [5.74, 6) is 1.65. The Bertz CT molecular complexity index is 436. The summed E-state index contributed by atoms with van der Waals surface area (Å²) in [5, 5.41) is 0. The van der Waals surface area contributed by atoms with Crippen molar-refractivity contribution in [3.05, 3.63) is 23.8 Å². The minimum absolute atomic E-state index is 0. The predicted molar refractivity (Wildman–Crippen MR) is 91.1 cm³/mol. The molecule has 1 saturated carbocycles. The van der Waals surface area contributed by atoms with E-state index >= 15 is 0 Å². The topological polar surface area (TPSA) is 70.5 Å². The summed E-state index contributed by atoms with van der Waals surface area (Å²) in [6, 6.07) is 6.22. The van der Waals surface area contributed by atoms with Gasteiger partial charge < -0.3 is 20.9 Å². The van der Waals surface area contributed by atoms with E-state index in [1.54, 1.807) is 14.2 Å². The van der Waals surface area contributed by atoms with Crippen LogP contribution >= 0.6 is 24.8 Å². The number of methoxy groups -OCH3 is 2. The summed E-state index contributed by atoms with van der Waals surface area (Å²) in [6.07, 6.45) is 4.80. The third-order valence-electron chi connectivity index (χ3n) is 4.06. The van der Waals surface area contributed by atoms with Crippen LogP contribution in [0.1, 0.15) is 31.2 Å². The van der Waals surface area contributed by atoms with E-state index in [0.717, 1.165) is 49.2 Å². The van der Waals surface area contributed by atoms with Crippen molar-refractivity contribution < 1.29 is 9.47 Å². The van der Waals surface area contributed by atoms with E-state index in [-0.39, 0.29) is 30.4 Å². The Kier molecular flexibility index (Phi) is 8.41. The Morgan fingerprint density at radius 1 is 1.14 bits per heavy atom. The smallest absolute Gasteiger partial charge is 0.125 e.